The molecule has 7 heteroatoms. The maximum absolute atomic E-state index is 12.0. The highest BCUT2D eigenvalue weighted by atomic mass is 16.5. The van der Waals surface area contributed by atoms with Gasteiger partial charge in [-0.25, -0.2) is 4.79 Å². The second kappa shape index (κ2) is 12.6. The minimum atomic E-state index is -0.888. The van der Waals surface area contributed by atoms with E-state index < -0.39 is 18.0 Å². The number of ketones is 1. The van der Waals surface area contributed by atoms with E-state index in [9.17, 15) is 19.2 Å². The van der Waals surface area contributed by atoms with Crippen molar-refractivity contribution in [3.8, 4) is 0 Å². The molecular formula is C20H27NO6. The van der Waals surface area contributed by atoms with Gasteiger partial charge in [0, 0.05) is 25.7 Å². The number of methoxy groups -OCH3 is 2. The molecule has 0 aliphatic rings. The van der Waals surface area contributed by atoms with Crippen molar-refractivity contribution >= 4 is 23.6 Å². The van der Waals surface area contributed by atoms with Crippen molar-refractivity contribution in [2.24, 2.45) is 0 Å². The summed E-state index contributed by atoms with van der Waals surface area (Å²) in [6.07, 6.45) is 2.26. The van der Waals surface area contributed by atoms with Gasteiger partial charge in [0.05, 0.1) is 14.2 Å². The summed E-state index contributed by atoms with van der Waals surface area (Å²) in [5, 5.41) is 2.57. The lowest BCUT2D eigenvalue weighted by Crippen LogP contribution is -2.41. The lowest BCUT2D eigenvalue weighted by Gasteiger charge is -2.15. The first kappa shape index (κ1) is 22.3. The second-order valence-corrected chi connectivity index (χ2v) is 6.17. The maximum Gasteiger partial charge on any atom is 0.328 e. The summed E-state index contributed by atoms with van der Waals surface area (Å²) in [4.78, 5) is 46.8. The van der Waals surface area contributed by atoms with Crippen LogP contribution in [0.5, 0.6) is 0 Å². The van der Waals surface area contributed by atoms with Gasteiger partial charge in [-0.15, -0.1) is 0 Å². The van der Waals surface area contributed by atoms with Crippen LogP contribution >= 0.6 is 0 Å². The van der Waals surface area contributed by atoms with Gasteiger partial charge >= 0.3 is 11.9 Å². The van der Waals surface area contributed by atoms with E-state index in [4.69, 9.17) is 0 Å². The number of hydrogen-bond donors (Lipinski definition) is 1. The number of rotatable bonds is 12. The van der Waals surface area contributed by atoms with E-state index in [2.05, 4.69) is 14.8 Å². The molecule has 0 aliphatic carbocycles. The molecule has 1 aromatic carbocycles. The number of benzene rings is 1. The van der Waals surface area contributed by atoms with E-state index in [-0.39, 0.29) is 31.0 Å². The average Bonchev–Trinajstić information content (AvgIpc) is 2.68. The SMILES string of the molecule is COC(=O)CC[C@H](NC(=O)CCCCC(=O)Cc1ccccc1)C(=O)OC. The summed E-state index contributed by atoms with van der Waals surface area (Å²) in [6.45, 7) is 0. The third-order valence-electron chi connectivity index (χ3n) is 4.04. The molecule has 0 unspecified atom stereocenters. The van der Waals surface area contributed by atoms with Crippen LogP contribution < -0.4 is 5.32 Å². The van der Waals surface area contributed by atoms with Gasteiger partial charge in [-0.1, -0.05) is 30.3 Å². The number of nitrogens with one attached hydrogen (secondary N) is 1. The summed E-state index contributed by atoms with van der Waals surface area (Å²) in [5.41, 5.74) is 0.978. The molecule has 0 saturated heterocycles. The Kier molecular flexibility index (Phi) is 10.4. The lowest BCUT2D eigenvalue weighted by atomic mass is 10.0. The molecule has 7 nitrogen and oxygen atoms in total. The van der Waals surface area contributed by atoms with Crippen molar-refractivity contribution in [2.45, 2.75) is 51.0 Å². The highest BCUT2D eigenvalue weighted by molar-refractivity contribution is 5.85. The zero-order chi connectivity index (χ0) is 20.1. The fraction of sp³-hybridized carbons (Fsp3) is 0.500. The average molecular weight is 377 g/mol. The number of ether oxygens (including phenoxy) is 2. The minimum Gasteiger partial charge on any atom is -0.469 e. The highest BCUT2D eigenvalue weighted by Crippen LogP contribution is 2.07. The molecule has 0 radical (unpaired) electrons. The van der Waals surface area contributed by atoms with Crippen molar-refractivity contribution in [3.63, 3.8) is 0 Å². The molecule has 0 fully saturated rings. The van der Waals surface area contributed by atoms with Gasteiger partial charge in [-0.3, -0.25) is 14.4 Å². The number of carbonyl (C=O) groups excluding carboxylic acids is 4. The van der Waals surface area contributed by atoms with Crippen molar-refractivity contribution in [1.29, 1.82) is 0 Å². The lowest BCUT2D eigenvalue weighted by molar-refractivity contribution is -0.146. The van der Waals surface area contributed by atoms with Crippen LogP contribution in [0.1, 0.15) is 44.1 Å². The van der Waals surface area contributed by atoms with E-state index in [0.29, 0.717) is 25.7 Å². The minimum absolute atomic E-state index is 0.00450. The summed E-state index contributed by atoms with van der Waals surface area (Å²) >= 11 is 0. The normalized spacial score (nSPS) is 11.3. The molecule has 0 aromatic heterocycles. The number of carbonyl (C=O) groups is 4. The van der Waals surface area contributed by atoms with Gasteiger partial charge in [0.1, 0.15) is 11.8 Å². The molecule has 1 aromatic rings. The zero-order valence-corrected chi connectivity index (χ0v) is 15.9. The number of amides is 1. The number of esters is 2. The monoisotopic (exact) mass is 377 g/mol. The molecule has 0 spiro atoms. The van der Waals surface area contributed by atoms with Crippen LogP contribution in [0.2, 0.25) is 0 Å². The third kappa shape index (κ3) is 9.53. The maximum atomic E-state index is 12.0. The number of hydrogen-bond acceptors (Lipinski definition) is 6. The first-order valence-corrected chi connectivity index (χ1v) is 8.96. The Labute approximate surface area is 159 Å². The Morgan fingerprint density at radius 3 is 2.22 bits per heavy atom. The molecule has 0 heterocycles. The van der Waals surface area contributed by atoms with Crippen LogP contribution in [-0.2, 0) is 35.1 Å². The predicted molar refractivity (Wildman–Crippen MR) is 98.8 cm³/mol. The quantitative estimate of drug-likeness (QED) is 0.442. The van der Waals surface area contributed by atoms with Crippen molar-refractivity contribution < 1.29 is 28.7 Å². The Morgan fingerprint density at radius 1 is 0.926 bits per heavy atom. The first-order valence-electron chi connectivity index (χ1n) is 8.96. The predicted octanol–water partition coefficient (Wildman–Crippen LogP) is 1.97. The Hall–Kier alpha value is -2.70. The Morgan fingerprint density at radius 2 is 1.59 bits per heavy atom. The number of Topliss-reactive ketones (excluding diaryl/α,β-unsaturated/α-hetero) is 1. The summed E-state index contributed by atoms with van der Waals surface area (Å²) < 4.78 is 9.17. The molecule has 27 heavy (non-hydrogen) atoms. The molecular weight excluding hydrogens is 350 g/mol. The second-order valence-electron chi connectivity index (χ2n) is 6.17. The molecule has 1 amide bonds. The molecule has 1 atom stereocenters. The van der Waals surface area contributed by atoms with E-state index >= 15 is 0 Å². The Balaban J connectivity index is 2.29. The number of unbranched alkanes of at least 4 members (excludes halogenated alkanes) is 1. The third-order valence-corrected chi connectivity index (χ3v) is 4.04. The van der Waals surface area contributed by atoms with Gasteiger partial charge in [-0.05, 0) is 24.8 Å². The molecule has 1 N–H and O–H groups in total. The van der Waals surface area contributed by atoms with Crippen molar-refractivity contribution in [1.82, 2.24) is 5.32 Å². The molecule has 0 aliphatic heterocycles. The van der Waals surface area contributed by atoms with Crippen LogP contribution in [0, 0.1) is 0 Å². The van der Waals surface area contributed by atoms with Crippen LogP contribution in [-0.4, -0.2) is 43.9 Å². The fourth-order valence-corrected chi connectivity index (χ4v) is 2.54. The fourth-order valence-electron chi connectivity index (χ4n) is 2.54. The van der Waals surface area contributed by atoms with Gasteiger partial charge < -0.3 is 14.8 Å². The van der Waals surface area contributed by atoms with Crippen molar-refractivity contribution in [3.05, 3.63) is 35.9 Å². The topological polar surface area (TPSA) is 98.8 Å². The standard InChI is InChI=1S/C20H27NO6/c1-26-19(24)13-12-17(20(25)27-2)21-18(23)11-7-6-10-16(22)14-15-8-4-3-5-9-15/h3-5,8-9,17H,6-7,10-14H2,1-2H3,(H,21,23)/t17-/m0/s1. The first-order chi connectivity index (χ1) is 13.0. The molecule has 148 valence electrons. The summed E-state index contributed by atoms with van der Waals surface area (Å²) in [6, 6.07) is 8.62. The molecule has 1 rings (SSSR count). The Bertz CT molecular complexity index is 629. The van der Waals surface area contributed by atoms with Crippen LogP contribution in [0.15, 0.2) is 30.3 Å². The van der Waals surface area contributed by atoms with Gasteiger partial charge in [-0.2, -0.15) is 0 Å². The molecule has 0 bridgehead atoms. The largest absolute Gasteiger partial charge is 0.469 e. The van der Waals surface area contributed by atoms with E-state index in [1.54, 1.807) is 0 Å². The van der Waals surface area contributed by atoms with Gasteiger partial charge in [0.2, 0.25) is 5.91 Å². The zero-order valence-electron chi connectivity index (χ0n) is 15.9. The van der Waals surface area contributed by atoms with Gasteiger partial charge in [0.25, 0.3) is 0 Å². The van der Waals surface area contributed by atoms with E-state index in [1.807, 2.05) is 30.3 Å². The smallest absolute Gasteiger partial charge is 0.328 e. The van der Waals surface area contributed by atoms with Crippen LogP contribution in [0.3, 0.4) is 0 Å². The van der Waals surface area contributed by atoms with E-state index in [0.717, 1.165) is 5.56 Å². The van der Waals surface area contributed by atoms with Crippen LogP contribution in [0.4, 0.5) is 0 Å². The summed E-state index contributed by atoms with van der Waals surface area (Å²) in [5.74, 6) is -1.25. The molecule has 0 saturated carbocycles. The highest BCUT2D eigenvalue weighted by Gasteiger charge is 2.22. The van der Waals surface area contributed by atoms with Crippen LogP contribution in [0.25, 0.3) is 0 Å². The van der Waals surface area contributed by atoms with Crippen molar-refractivity contribution in [2.75, 3.05) is 14.2 Å². The van der Waals surface area contributed by atoms with E-state index in [1.165, 1.54) is 14.2 Å². The summed E-state index contributed by atoms with van der Waals surface area (Å²) in [7, 11) is 2.48. The van der Waals surface area contributed by atoms with Gasteiger partial charge in [0.15, 0.2) is 0 Å².